The van der Waals surface area contributed by atoms with Gasteiger partial charge in [-0.05, 0) is 39.8 Å². The van der Waals surface area contributed by atoms with Gasteiger partial charge in [-0.2, -0.15) is 0 Å². The number of likely N-dealkylation sites (N-methyl/N-ethyl adjacent to an activating group) is 1. The summed E-state index contributed by atoms with van der Waals surface area (Å²) in [6.07, 6.45) is 0. The minimum absolute atomic E-state index is 0.0768. The molecule has 0 aliphatic heterocycles. The first kappa shape index (κ1) is 15.3. The molecule has 0 heterocycles. The molecule has 0 amide bonds. The molecule has 0 radical (unpaired) electrons. The second-order valence-corrected chi connectivity index (χ2v) is 5.33. The van der Waals surface area contributed by atoms with Gasteiger partial charge in [0.05, 0.1) is 5.60 Å². The van der Waals surface area contributed by atoms with Gasteiger partial charge in [0.25, 0.3) is 0 Å². The Morgan fingerprint density at radius 2 is 2.05 bits per heavy atom. The average Bonchev–Trinajstić information content (AvgIpc) is 2.34. The Kier molecular flexibility index (Phi) is 4.78. The molecule has 0 fully saturated rings. The molecule has 0 aliphatic carbocycles. The van der Waals surface area contributed by atoms with Gasteiger partial charge in [-0.1, -0.05) is 16.8 Å². The molecular weight excluding hydrogens is 242 g/mol. The van der Waals surface area contributed by atoms with Gasteiger partial charge >= 0.3 is 0 Å². The predicted octanol–water partition coefficient (Wildman–Crippen LogP) is 1.69. The Balaban J connectivity index is 3.24. The highest BCUT2D eigenvalue weighted by molar-refractivity contribution is 6.02. The number of amidine groups is 1. The van der Waals surface area contributed by atoms with Crippen LogP contribution >= 0.6 is 0 Å². The van der Waals surface area contributed by atoms with Gasteiger partial charge < -0.3 is 20.9 Å². The Hall–Kier alpha value is -1.75. The van der Waals surface area contributed by atoms with Crippen molar-refractivity contribution in [2.24, 2.45) is 10.9 Å². The quantitative estimate of drug-likeness (QED) is 0.327. The van der Waals surface area contributed by atoms with Crippen molar-refractivity contribution in [1.82, 2.24) is 0 Å². The van der Waals surface area contributed by atoms with Gasteiger partial charge in [0, 0.05) is 24.3 Å². The number of hydrogen-bond acceptors (Lipinski definition) is 4. The van der Waals surface area contributed by atoms with Crippen LogP contribution in [0.5, 0.6) is 0 Å². The Bertz CT molecular complexity index is 464. The van der Waals surface area contributed by atoms with E-state index in [0.717, 1.165) is 17.8 Å². The van der Waals surface area contributed by atoms with Crippen LogP contribution in [-0.4, -0.2) is 34.8 Å². The van der Waals surface area contributed by atoms with E-state index in [1.165, 1.54) is 0 Å². The Morgan fingerprint density at radius 1 is 1.42 bits per heavy atom. The second-order valence-electron chi connectivity index (χ2n) is 5.33. The van der Waals surface area contributed by atoms with Crippen LogP contribution < -0.4 is 10.6 Å². The van der Waals surface area contributed by atoms with Crippen LogP contribution in [0.1, 0.15) is 31.9 Å². The fourth-order valence-electron chi connectivity index (χ4n) is 2.02. The molecule has 1 aromatic carbocycles. The lowest BCUT2D eigenvalue weighted by Gasteiger charge is -2.31. The van der Waals surface area contributed by atoms with Crippen molar-refractivity contribution >= 4 is 11.5 Å². The van der Waals surface area contributed by atoms with Crippen LogP contribution in [-0.2, 0) is 0 Å². The van der Waals surface area contributed by atoms with Gasteiger partial charge in [0.15, 0.2) is 5.84 Å². The van der Waals surface area contributed by atoms with E-state index in [1.54, 1.807) is 13.8 Å². The van der Waals surface area contributed by atoms with Crippen LogP contribution in [0.2, 0.25) is 0 Å². The average molecular weight is 265 g/mol. The third-order valence-corrected chi connectivity index (χ3v) is 2.84. The zero-order valence-corrected chi connectivity index (χ0v) is 12.0. The number of rotatable bonds is 5. The maximum absolute atomic E-state index is 9.97. The number of aliphatic hydroxyl groups is 1. The van der Waals surface area contributed by atoms with Crippen molar-refractivity contribution in [3.8, 4) is 0 Å². The number of nitrogens with two attached hydrogens (primary N) is 1. The van der Waals surface area contributed by atoms with E-state index >= 15 is 0 Å². The van der Waals surface area contributed by atoms with Gasteiger partial charge in [0.2, 0.25) is 0 Å². The summed E-state index contributed by atoms with van der Waals surface area (Å²) in [6, 6.07) is 5.77. The summed E-state index contributed by atoms with van der Waals surface area (Å²) in [6.45, 7) is 8.66. The van der Waals surface area contributed by atoms with Gasteiger partial charge in [-0.3, -0.25) is 0 Å². The number of aryl methyl sites for hydroxylation is 1. The lowest BCUT2D eigenvalue weighted by atomic mass is 10.0. The van der Waals surface area contributed by atoms with Crippen LogP contribution in [0.4, 0.5) is 5.69 Å². The third kappa shape index (κ3) is 4.13. The highest BCUT2D eigenvalue weighted by atomic mass is 16.4. The van der Waals surface area contributed by atoms with Crippen LogP contribution in [0, 0.1) is 6.92 Å². The number of hydrogen-bond donors (Lipinski definition) is 3. The standard InChI is InChI=1S/C14H23N3O2/c1-5-17(9-14(3,4)18)12-7-6-10(2)8-11(12)13(15)16-19/h6-8,18-19H,5,9H2,1-4H3,(H2,15,16). The molecule has 0 saturated carbocycles. The van der Waals surface area contributed by atoms with Crippen LogP contribution in [0.25, 0.3) is 0 Å². The molecular formula is C14H23N3O2. The molecule has 0 spiro atoms. The first-order valence-corrected chi connectivity index (χ1v) is 6.34. The molecule has 19 heavy (non-hydrogen) atoms. The Labute approximate surface area is 114 Å². The predicted molar refractivity (Wildman–Crippen MR) is 77.9 cm³/mol. The first-order chi connectivity index (χ1) is 8.78. The van der Waals surface area contributed by atoms with Crippen molar-refractivity contribution in [3.63, 3.8) is 0 Å². The molecule has 4 N–H and O–H groups in total. The summed E-state index contributed by atoms with van der Waals surface area (Å²) in [7, 11) is 0. The summed E-state index contributed by atoms with van der Waals surface area (Å²) in [5.41, 5.74) is 7.47. The molecule has 0 atom stereocenters. The lowest BCUT2D eigenvalue weighted by molar-refractivity contribution is 0.0876. The molecule has 0 aromatic heterocycles. The fraction of sp³-hybridized carbons (Fsp3) is 0.500. The van der Waals surface area contributed by atoms with E-state index in [9.17, 15) is 5.11 Å². The second kappa shape index (κ2) is 5.93. The van der Waals surface area contributed by atoms with E-state index in [1.807, 2.05) is 36.9 Å². The molecule has 5 heteroatoms. The van der Waals surface area contributed by atoms with E-state index in [0.29, 0.717) is 12.1 Å². The first-order valence-electron chi connectivity index (χ1n) is 6.34. The molecule has 1 aromatic rings. The Morgan fingerprint density at radius 3 is 2.53 bits per heavy atom. The van der Waals surface area contributed by atoms with Gasteiger partial charge in [-0.25, -0.2) is 0 Å². The maximum Gasteiger partial charge on any atom is 0.172 e. The largest absolute Gasteiger partial charge is 0.409 e. The molecule has 0 aliphatic rings. The lowest BCUT2D eigenvalue weighted by Crippen LogP contribution is -2.39. The van der Waals surface area contributed by atoms with Crippen LogP contribution in [0.15, 0.2) is 23.4 Å². The topological polar surface area (TPSA) is 82.1 Å². The fourth-order valence-corrected chi connectivity index (χ4v) is 2.02. The van der Waals surface area contributed by atoms with E-state index in [-0.39, 0.29) is 5.84 Å². The van der Waals surface area contributed by atoms with Crippen molar-refractivity contribution in [1.29, 1.82) is 0 Å². The molecule has 0 saturated heterocycles. The van der Waals surface area contributed by atoms with E-state index in [2.05, 4.69) is 5.16 Å². The summed E-state index contributed by atoms with van der Waals surface area (Å²) >= 11 is 0. The highest BCUT2D eigenvalue weighted by Gasteiger charge is 2.20. The van der Waals surface area contributed by atoms with E-state index in [4.69, 9.17) is 10.9 Å². The SMILES string of the molecule is CCN(CC(C)(C)O)c1ccc(C)cc1/C(N)=N/O. The molecule has 5 nitrogen and oxygen atoms in total. The normalized spacial score (nSPS) is 12.6. The van der Waals surface area contributed by atoms with Crippen LogP contribution in [0.3, 0.4) is 0 Å². The number of oxime groups is 1. The minimum Gasteiger partial charge on any atom is -0.409 e. The third-order valence-electron chi connectivity index (χ3n) is 2.84. The van der Waals surface area contributed by atoms with Crippen molar-refractivity contribution < 1.29 is 10.3 Å². The van der Waals surface area contributed by atoms with Gasteiger partial charge in [-0.15, -0.1) is 0 Å². The summed E-state index contributed by atoms with van der Waals surface area (Å²) in [5, 5.41) is 21.9. The van der Waals surface area contributed by atoms with Crippen molar-refractivity contribution in [2.75, 3.05) is 18.0 Å². The summed E-state index contributed by atoms with van der Waals surface area (Å²) < 4.78 is 0. The molecule has 0 bridgehead atoms. The zero-order valence-electron chi connectivity index (χ0n) is 12.0. The minimum atomic E-state index is -0.816. The highest BCUT2D eigenvalue weighted by Crippen LogP contribution is 2.23. The number of nitrogens with zero attached hydrogens (tertiary/aromatic N) is 2. The molecule has 0 unspecified atom stereocenters. The monoisotopic (exact) mass is 265 g/mol. The smallest absolute Gasteiger partial charge is 0.172 e. The molecule has 106 valence electrons. The maximum atomic E-state index is 9.97. The zero-order chi connectivity index (χ0) is 14.6. The summed E-state index contributed by atoms with van der Waals surface area (Å²) in [4.78, 5) is 2.01. The number of anilines is 1. The molecule has 1 rings (SSSR count). The van der Waals surface area contributed by atoms with Crippen molar-refractivity contribution in [2.45, 2.75) is 33.3 Å². The summed E-state index contributed by atoms with van der Waals surface area (Å²) in [5.74, 6) is 0.0768. The van der Waals surface area contributed by atoms with E-state index < -0.39 is 5.60 Å². The van der Waals surface area contributed by atoms with Gasteiger partial charge in [0.1, 0.15) is 0 Å². The van der Waals surface area contributed by atoms with Crippen molar-refractivity contribution in [3.05, 3.63) is 29.3 Å². The number of benzene rings is 1.